The molecule has 0 aliphatic heterocycles. The fraction of sp³-hybridized carbons (Fsp3) is 0.391. The molecular formula is C23H28N4OS. The van der Waals surface area contributed by atoms with Gasteiger partial charge in [-0.05, 0) is 42.5 Å². The second-order valence-electron chi connectivity index (χ2n) is 7.57. The van der Waals surface area contributed by atoms with Crippen LogP contribution in [0.2, 0.25) is 0 Å². The minimum atomic E-state index is 0.191. The molecule has 0 bridgehead atoms. The lowest BCUT2D eigenvalue weighted by Crippen LogP contribution is -2.10. The highest BCUT2D eigenvalue weighted by Gasteiger charge is 2.19. The monoisotopic (exact) mass is 408 g/mol. The second-order valence-corrected chi connectivity index (χ2v) is 8.51. The Balaban J connectivity index is 1.70. The lowest BCUT2D eigenvalue weighted by Gasteiger charge is -2.16. The van der Waals surface area contributed by atoms with Crippen LogP contribution < -0.4 is 0 Å². The van der Waals surface area contributed by atoms with Crippen molar-refractivity contribution in [2.45, 2.75) is 57.7 Å². The fourth-order valence-corrected chi connectivity index (χ4v) is 3.99. The van der Waals surface area contributed by atoms with Crippen molar-refractivity contribution in [3.05, 3.63) is 59.9 Å². The topological polar surface area (TPSA) is 60.7 Å². The van der Waals surface area contributed by atoms with Crippen LogP contribution in [0.5, 0.6) is 0 Å². The third kappa shape index (κ3) is 5.32. The number of nitrogens with zero attached hydrogens (tertiary/aromatic N) is 4. The summed E-state index contributed by atoms with van der Waals surface area (Å²) in [6.07, 6.45) is 4.91. The van der Waals surface area contributed by atoms with E-state index in [0.717, 1.165) is 28.5 Å². The summed E-state index contributed by atoms with van der Waals surface area (Å²) in [6, 6.07) is 12.4. The molecule has 152 valence electrons. The van der Waals surface area contributed by atoms with Gasteiger partial charge >= 0.3 is 0 Å². The molecule has 0 saturated carbocycles. The molecule has 0 fully saturated rings. The number of benzene rings is 1. The molecule has 3 rings (SSSR count). The molecule has 0 radical (unpaired) electrons. The second kappa shape index (κ2) is 9.83. The average Bonchev–Trinajstić information content (AvgIpc) is 3.16. The quantitative estimate of drug-likeness (QED) is 0.447. The average molecular weight is 409 g/mol. The highest BCUT2D eigenvalue weighted by Crippen LogP contribution is 2.29. The summed E-state index contributed by atoms with van der Waals surface area (Å²) in [6.45, 7) is 8.63. The molecule has 0 spiro atoms. The van der Waals surface area contributed by atoms with Gasteiger partial charge in [0.2, 0.25) is 0 Å². The normalized spacial score (nSPS) is 12.3. The Morgan fingerprint density at radius 1 is 1.03 bits per heavy atom. The largest absolute Gasteiger partial charge is 0.299 e. The van der Waals surface area contributed by atoms with Crippen LogP contribution in [0.25, 0.3) is 11.4 Å². The summed E-state index contributed by atoms with van der Waals surface area (Å²) in [5.41, 5.74) is 3.33. The van der Waals surface area contributed by atoms with E-state index in [1.807, 2.05) is 12.1 Å². The number of thioether (sulfide) groups is 1. The SMILES string of the molecule is CCC(C)n1c(SCC(=O)Cc2ccc(C(C)C)cc2)nnc1-c1ccncc1. The van der Waals surface area contributed by atoms with E-state index in [2.05, 4.69) is 71.7 Å². The zero-order valence-electron chi connectivity index (χ0n) is 17.5. The lowest BCUT2D eigenvalue weighted by molar-refractivity contribution is -0.116. The van der Waals surface area contributed by atoms with Crippen molar-refractivity contribution in [3.63, 3.8) is 0 Å². The first-order chi connectivity index (χ1) is 14.0. The summed E-state index contributed by atoms with van der Waals surface area (Å²) in [5, 5.41) is 9.56. The molecule has 2 heterocycles. The van der Waals surface area contributed by atoms with Crippen LogP contribution in [-0.4, -0.2) is 31.3 Å². The van der Waals surface area contributed by atoms with Crippen LogP contribution >= 0.6 is 11.8 Å². The van der Waals surface area contributed by atoms with E-state index in [-0.39, 0.29) is 11.8 Å². The summed E-state index contributed by atoms with van der Waals surface area (Å²) >= 11 is 1.47. The van der Waals surface area contributed by atoms with Gasteiger partial charge in [-0.2, -0.15) is 0 Å². The van der Waals surface area contributed by atoms with Gasteiger partial charge in [0.1, 0.15) is 5.78 Å². The molecule has 5 nitrogen and oxygen atoms in total. The molecule has 1 atom stereocenters. The lowest BCUT2D eigenvalue weighted by atomic mass is 10.0. The van der Waals surface area contributed by atoms with Crippen molar-refractivity contribution in [2.24, 2.45) is 0 Å². The van der Waals surface area contributed by atoms with Crippen molar-refractivity contribution in [1.82, 2.24) is 19.7 Å². The Labute approximate surface area is 177 Å². The van der Waals surface area contributed by atoms with Crippen LogP contribution in [0.4, 0.5) is 0 Å². The maximum Gasteiger partial charge on any atom is 0.192 e. The summed E-state index contributed by atoms with van der Waals surface area (Å²) in [5.74, 6) is 1.89. The molecule has 0 N–H and O–H groups in total. The zero-order chi connectivity index (χ0) is 20.8. The van der Waals surface area contributed by atoms with Crippen molar-refractivity contribution >= 4 is 17.5 Å². The Morgan fingerprint density at radius 3 is 2.34 bits per heavy atom. The minimum absolute atomic E-state index is 0.191. The van der Waals surface area contributed by atoms with Crippen molar-refractivity contribution < 1.29 is 4.79 Å². The molecule has 2 aromatic heterocycles. The third-order valence-corrected chi connectivity index (χ3v) is 6.05. The van der Waals surface area contributed by atoms with Crippen LogP contribution in [-0.2, 0) is 11.2 Å². The fourth-order valence-electron chi connectivity index (χ4n) is 3.10. The molecule has 29 heavy (non-hydrogen) atoms. The number of rotatable bonds is 9. The summed E-state index contributed by atoms with van der Waals surface area (Å²) in [7, 11) is 0. The van der Waals surface area contributed by atoms with E-state index in [4.69, 9.17) is 0 Å². The number of hydrogen-bond acceptors (Lipinski definition) is 5. The van der Waals surface area contributed by atoms with Gasteiger partial charge in [-0.25, -0.2) is 0 Å². The predicted octanol–water partition coefficient (Wildman–Crippen LogP) is 5.34. The number of hydrogen-bond donors (Lipinski definition) is 0. The zero-order valence-corrected chi connectivity index (χ0v) is 18.3. The maximum atomic E-state index is 12.5. The number of carbonyl (C=O) groups is 1. The number of ketones is 1. The van der Waals surface area contributed by atoms with Gasteiger partial charge in [-0.15, -0.1) is 10.2 Å². The van der Waals surface area contributed by atoms with E-state index >= 15 is 0 Å². The summed E-state index contributed by atoms with van der Waals surface area (Å²) in [4.78, 5) is 16.6. The Morgan fingerprint density at radius 2 is 1.72 bits per heavy atom. The molecule has 1 unspecified atom stereocenters. The predicted molar refractivity (Wildman–Crippen MR) is 118 cm³/mol. The number of carbonyl (C=O) groups excluding carboxylic acids is 1. The van der Waals surface area contributed by atoms with E-state index in [1.54, 1.807) is 12.4 Å². The van der Waals surface area contributed by atoms with Crippen LogP contribution in [0.1, 0.15) is 57.2 Å². The van der Waals surface area contributed by atoms with Crippen molar-refractivity contribution in [1.29, 1.82) is 0 Å². The standard InChI is InChI=1S/C23H28N4OS/c1-5-17(4)27-22(20-10-12-24-13-11-20)25-26-23(27)29-15-21(28)14-18-6-8-19(9-7-18)16(2)3/h6-13,16-17H,5,14-15H2,1-4H3. The van der Waals surface area contributed by atoms with E-state index in [1.165, 1.54) is 17.3 Å². The maximum absolute atomic E-state index is 12.5. The van der Waals surface area contributed by atoms with E-state index in [9.17, 15) is 4.79 Å². The smallest absolute Gasteiger partial charge is 0.192 e. The molecule has 3 aromatic rings. The molecule has 1 aromatic carbocycles. The van der Waals surface area contributed by atoms with Gasteiger partial charge in [0.15, 0.2) is 11.0 Å². The van der Waals surface area contributed by atoms with Gasteiger partial charge < -0.3 is 0 Å². The van der Waals surface area contributed by atoms with Crippen molar-refractivity contribution in [2.75, 3.05) is 5.75 Å². The number of pyridine rings is 1. The number of Topliss-reactive ketones (excluding diaryl/α,β-unsaturated/α-hetero) is 1. The van der Waals surface area contributed by atoms with Gasteiger partial charge in [0.05, 0.1) is 5.75 Å². The first kappa shape index (κ1) is 21.2. The Kier molecular flexibility index (Phi) is 7.20. The minimum Gasteiger partial charge on any atom is -0.299 e. The Bertz CT molecular complexity index is 935. The van der Waals surface area contributed by atoms with Crippen LogP contribution in [0, 0.1) is 0 Å². The van der Waals surface area contributed by atoms with E-state index < -0.39 is 0 Å². The van der Waals surface area contributed by atoms with E-state index in [0.29, 0.717) is 18.1 Å². The first-order valence-electron chi connectivity index (χ1n) is 10.1. The summed E-state index contributed by atoms with van der Waals surface area (Å²) < 4.78 is 2.13. The van der Waals surface area contributed by atoms with Crippen LogP contribution in [0.15, 0.2) is 53.9 Å². The van der Waals surface area contributed by atoms with Gasteiger partial charge in [-0.3, -0.25) is 14.3 Å². The highest BCUT2D eigenvalue weighted by molar-refractivity contribution is 7.99. The highest BCUT2D eigenvalue weighted by atomic mass is 32.2. The van der Waals surface area contributed by atoms with Gasteiger partial charge in [0, 0.05) is 30.4 Å². The number of aromatic nitrogens is 4. The Hall–Kier alpha value is -2.47. The molecular weight excluding hydrogens is 380 g/mol. The molecule has 6 heteroatoms. The first-order valence-corrected chi connectivity index (χ1v) is 11.1. The third-order valence-electron chi connectivity index (χ3n) is 5.04. The molecule has 0 aliphatic carbocycles. The molecule has 0 saturated heterocycles. The molecule has 0 aliphatic rings. The van der Waals surface area contributed by atoms with Crippen molar-refractivity contribution in [3.8, 4) is 11.4 Å². The van der Waals surface area contributed by atoms with Gasteiger partial charge in [0.25, 0.3) is 0 Å². The molecule has 0 amide bonds. The van der Waals surface area contributed by atoms with Gasteiger partial charge in [-0.1, -0.05) is 56.8 Å². The van der Waals surface area contributed by atoms with Crippen LogP contribution in [0.3, 0.4) is 0 Å².